The number of nitrogens with zero attached hydrogens (tertiary/aromatic N) is 2. The molecule has 2 rings (SSSR count). The fourth-order valence-corrected chi connectivity index (χ4v) is 3.03. The summed E-state index contributed by atoms with van der Waals surface area (Å²) in [6, 6.07) is 7.19. The normalized spacial score (nSPS) is 24.5. The summed E-state index contributed by atoms with van der Waals surface area (Å²) in [4.78, 5) is 6.99. The van der Waals surface area contributed by atoms with Crippen LogP contribution >= 0.6 is 0 Å². The second-order valence-corrected chi connectivity index (χ2v) is 11.2. The van der Waals surface area contributed by atoms with E-state index in [2.05, 4.69) is 55.5 Å². The predicted octanol–water partition coefficient (Wildman–Crippen LogP) is 3.31. The van der Waals surface area contributed by atoms with Crippen molar-refractivity contribution < 1.29 is 4.43 Å². The SMILES string of the molecule is CC(C)[C@@H](CO[Si](C)(C)C)N1C[C@H]1c1ccccn1. The molecule has 1 aromatic heterocycles. The fourth-order valence-electron chi connectivity index (χ4n) is 2.36. The summed E-state index contributed by atoms with van der Waals surface area (Å²) < 4.78 is 6.12. The van der Waals surface area contributed by atoms with Crippen LogP contribution in [-0.2, 0) is 4.43 Å². The monoisotopic (exact) mass is 278 g/mol. The molecule has 1 fully saturated rings. The minimum absolute atomic E-state index is 0.499. The van der Waals surface area contributed by atoms with Gasteiger partial charge < -0.3 is 4.43 Å². The second-order valence-electron chi connectivity index (χ2n) is 6.70. The van der Waals surface area contributed by atoms with Gasteiger partial charge in [-0.15, -0.1) is 0 Å². The number of aromatic nitrogens is 1. The van der Waals surface area contributed by atoms with Gasteiger partial charge >= 0.3 is 0 Å². The van der Waals surface area contributed by atoms with E-state index in [1.165, 1.54) is 5.69 Å². The van der Waals surface area contributed by atoms with E-state index >= 15 is 0 Å². The van der Waals surface area contributed by atoms with E-state index in [1.54, 1.807) is 0 Å². The molecule has 1 aromatic rings. The van der Waals surface area contributed by atoms with Gasteiger partial charge in [-0.25, -0.2) is 0 Å². The summed E-state index contributed by atoms with van der Waals surface area (Å²) in [6.07, 6.45) is 1.88. The molecule has 0 saturated carbocycles. The zero-order chi connectivity index (χ0) is 14.0. The zero-order valence-corrected chi connectivity index (χ0v) is 13.8. The highest BCUT2D eigenvalue weighted by atomic mass is 28.4. The number of rotatable bonds is 6. The molecule has 0 amide bonds. The molecule has 19 heavy (non-hydrogen) atoms. The van der Waals surface area contributed by atoms with Crippen molar-refractivity contribution >= 4 is 8.32 Å². The van der Waals surface area contributed by atoms with Crippen molar-refractivity contribution in [2.75, 3.05) is 13.2 Å². The number of hydrogen-bond acceptors (Lipinski definition) is 3. The molecule has 0 bridgehead atoms. The van der Waals surface area contributed by atoms with Crippen molar-refractivity contribution in [2.24, 2.45) is 5.92 Å². The zero-order valence-electron chi connectivity index (χ0n) is 12.8. The molecule has 4 heteroatoms. The molecule has 0 N–H and O–H groups in total. The van der Waals surface area contributed by atoms with Gasteiger partial charge in [0.2, 0.25) is 0 Å². The minimum Gasteiger partial charge on any atom is -0.416 e. The molecule has 1 unspecified atom stereocenters. The molecule has 1 aliphatic heterocycles. The molecule has 3 nitrogen and oxygen atoms in total. The standard InChI is InChI=1S/C15H26N2OSi/c1-12(2)15(11-18-19(3,4)5)17-10-14(17)13-8-6-7-9-16-13/h6-9,12,14-15H,10-11H2,1-5H3/t14-,15+,17?/m0/s1. The summed E-state index contributed by atoms with van der Waals surface area (Å²) in [7, 11) is -1.43. The third kappa shape index (κ3) is 4.13. The molecule has 3 atom stereocenters. The smallest absolute Gasteiger partial charge is 0.183 e. The van der Waals surface area contributed by atoms with Crippen LogP contribution in [0.2, 0.25) is 19.6 Å². The van der Waals surface area contributed by atoms with E-state index in [0.29, 0.717) is 18.0 Å². The molecule has 1 saturated heterocycles. The Kier molecular flexibility index (Phi) is 4.43. The topological polar surface area (TPSA) is 25.1 Å². The molecular weight excluding hydrogens is 252 g/mol. The highest BCUT2D eigenvalue weighted by molar-refractivity contribution is 6.69. The number of pyridine rings is 1. The predicted molar refractivity (Wildman–Crippen MR) is 81.6 cm³/mol. The highest BCUT2D eigenvalue weighted by Gasteiger charge is 2.43. The van der Waals surface area contributed by atoms with Crippen molar-refractivity contribution in [3.05, 3.63) is 30.1 Å². The molecule has 106 valence electrons. The molecule has 0 spiro atoms. The van der Waals surface area contributed by atoms with Gasteiger partial charge in [0.05, 0.1) is 11.7 Å². The van der Waals surface area contributed by atoms with Crippen LogP contribution in [0, 0.1) is 5.92 Å². The average molecular weight is 278 g/mol. The van der Waals surface area contributed by atoms with E-state index in [1.807, 2.05) is 12.3 Å². The van der Waals surface area contributed by atoms with Gasteiger partial charge in [0, 0.05) is 25.4 Å². The quantitative estimate of drug-likeness (QED) is 0.589. The van der Waals surface area contributed by atoms with Crippen molar-refractivity contribution in [1.29, 1.82) is 0 Å². The Morgan fingerprint density at radius 1 is 1.37 bits per heavy atom. The van der Waals surface area contributed by atoms with E-state index in [-0.39, 0.29) is 0 Å². The Morgan fingerprint density at radius 2 is 2.11 bits per heavy atom. The van der Waals surface area contributed by atoms with E-state index < -0.39 is 8.32 Å². The summed E-state index contributed by atoms with van der Waals surface area (Å²) in [5.41, 5.74) is 1.20. The lowest BCUT2D eigenvalue weighted by Gasteiger charge is -2.27. The molecular formula is C15H26N2OSi. The summed E-state index contributed by atoms with van der Waals surface area (Å²) in [6.45, 7) is 13.3. The summed E-state index contributed by atoms with van der Waals surface area (Å²) >= 11 is 0. The van der Waals surface area contributed by atoms with Gasteiger partial charge in [-0.05, 0) is 37.7 Å². The van der Waals surface area contributed by atoms with E-state index in [0.717, 1.165) is 13.2 Å². The van der Waals surface area contributed by atoms with Crippen LogP contribution in [0.4, 0.5) is 0 Å². The maximum atomic E-state index is 6.12. The van der Waals surface area contributed by atoms with Crippen molar-refractivity contribution in [3.8, 4) is 0 Å². The Bertz CT molecular complexity index is 402. The van der Waals surface area contributed by atoms with E-state index in [4.69, 9.17) is 4.43 Å². The molecule has 0 aliphatic carbocycles. The first-order valence-electron chi connectivity index (χ1n) is 7.19. The van der Waals surface area contributed by atoms with Crippen LogP contribution in [0.5, 0.6) is 0 Å². The first kappa shape index (κ1) is 14.7. The Morgan fingerprint density at radius 3 is 2.63 bits per heavy atom. The van der Waals surface area contributed by atoms with Gasteiger partial charge in [0.15, 0.2) is 8.32 Å². The Hall–Kier alpha value is -0.713. The molecule has 0 aromatic carbocycles. The van der Waals surface area contributed by atoms with E-state index in [9.17, 15) is 0 Å². The van der Waals surface area contributed by atoms with Gasteiger partial charge in [-0.3, -0.25) is 9.88 Å². The molecule has 0 radical (unpaired) electrons. The third-order valence-electron chi connectivity index (χ3n) is 3.56. The minimum atomic E-state index is -1.43. The highest BCUT2D eigenvalue weighted by Crippen LogP contribution is 2.38. The lowest BCUT2D eigenvalue weighted by molar-refractivity contribution is 0.174. The Balaban J connectivity index is 1.95. The maximum Gasteiger partial charge on any atom is 0.183 e. The summed E-state index contributed by atoms with van der Waals surface area (Å²) in [5, 5.41) is 0. The lowest BCUT2D eigenvalue weighted by atomic mass is 10.1. The van der Waals surface area contributed by atoms with Gasteiger partial charge in [0.1, 0.15) is 0 Å². The van der Waals surface area contributed by atoms with Crippen molar-refractivity contribution in [2.45, 2.75) is 45.6 Å². The van der Waals surface area contributed by atoms with Crippen LogP contribution < -0.4 is 0 Å². The van der Waals surface area contributed by atoms with Gasteiger partial charge in [0.25, 0.3) is 0 Å². The van der Waals surface area contributed by atoms with Crippen LogP contribution in [0.3, 0.4) is 0 Å². The van der Waals surface area contributed by atoms with Crippen LogP contribution in [0.25, 0.3) is 0 Å². The van der Waals surface area contributed by atoms with Crippen LogP contribution in [0.1, 0.15) is 25.6 Å². The molecule has 1 aliphatic rings. The first-order valence-corrected chi connectivity index (χ1v) is 10.6. The average Bonchev–Trinajstić information content (AvgIpc) is 3.08. The largest absolute Gasteiger partial charge is 0.416 e. The first-order chi connectivity index (χ1) is 8.88. The maximum absolute atomic E-state index is 6.12. The second kappa shape index (κ2) is 5.73. The van der Waals surface area contributed by atoms with Gasteiger partial charge in [-0.2, -0.15) is 0 Å². The lowest BCUT2D eigenvalue weighted by Crippen LogP contribution is -2.37. The van der Waals surface area contributed by atoms with Crippen molar-refractivity contribution in [1.82, 2.24) is 9.88 Å². The fraction of sp³-hybridized carbons (Fsp3) is 0.667. The Labute approximate surface area is 118 Å². The van der Waals surface area contributed by atoms with Crippen LogP contribution in [0.15, 0.2) is 24.4 Å². The summed E-state index contributed by atoms with van der Waals surface area (Å²) in [5.74, 6) is 0.616. The number of hydrogen-bond donors (Lipinski definition) is 0. The van der Waals surface area contributed by atoms with Crippen molar-refractivity contribution in [3.63, 3.8) is 0 Å². The third-order valence-corrected chi connectivity index (χ3v) is 4.60. The van der Waals surface area contributed by atoms with Crippen LogP contribution in [-0.4, -0.2) is 37.4 Å². The van der Waals surface area contributed by atoms with Gasteiger partial charge in [-0.1, -0.05) is 19.9 Å². The molecule has 2 heterocycles.